The largest absolute Gasteiger partial charge is 0.502 e. The van der Waals surface area contributed by atoms with E-state index < -0.39 is 17.0 Å². The van der Waals surface area contributed by atoms with Crippen LogP contribution in [0, 0.1) is 0 Å². The highest BCUT2D eigenvalue weighted by molar-refractivity contribution is 6.81. The van der Waals surface area contributed by atoms with E-state index in [0.717, 1.165) is 29.2 Å². The van der Waals surface area contributed by atoms with E-state index in [1.807, 2.05) is 20.8 Å². The van der Waals surface area contributed by atoms with Crippen molar-refractivity contribution in [3.05, 3.63) is 0 Å². The second-order valence-electron chi connectivity index (χ2n) is 8.42. The monoisotopic (exact) mass is 419 g/mol. The van der Waals surface area contributed by atoms with Crippen molar-refractivity contribution >= 4 is 17.0 Å². The number of unbranched alkanes of at least 4 members (excludes halogenated alkanes) is 1. The fourth-order valence-corrected chi connectivity index (χ4v) is 15.2. The zero-order valence-electron chi connectivity index (χ0n) is 20.1. The second-order valence-corrected chi connectivity index (χ2v) is 17.0. The molecule has 0 aromatic rings. The summed E-state index contributed by atoms with van der Waals surface area (Å²) in [4.78, 5) is 0. The van der Waals surface area contributed by atoms with Gasteiger partial charge in [0.05, 0.1) is 0 Å². The van der Waals surface area contributed by atoms with Crippen LogP contribution in [-0.4, -0.2) is 54.5 Å². The highest BCUT2D eigenvalue weighted by Gasteiger charge is 2.49. The molecule has 0 radical (unpaired) electrons. The van der Waals surface area contributed by atoms with Gasteiger partial charge in [0.15, 0.2) is 0 Å². The van der Waals surface area contributed by atoms with Crippen molar-refractivity contribution in [3.63, 3.8) is 0 Å². The van der Waals surface area contributed by atoms with Gasteiger partial charge in [-0.3, -0.25) is 0 Å². The van der Waals surface area contributed by atoms with Crippen LogP contribution in [0.4, 0.5) is 0 Å². The fraction of sp³-hybridized carbons (Fsp3) is 1.00. The van der Waals surface area contributed by atoms with Crippen LogP contribution in [0.25, 0.3) is 0 Å². The average Bonchev–Trinajstić information content (AvgIpc) is 2.57. The van der Waals surface area contributed by atoms with Crippen LogP contribution in [0.2, 0.25) is 22.7 Å². The van der Waals surface area contributed by atoms with Crippen molar-refractivity contribution in [3.8, 4) is 0 Å². The Hall–Kier alpha value is 0.274. The molecule has 0 heterocycles. The predicted molar refractivity (Wildman–Crippen MR) is 123 cm³/mol. The van der Waals surface area contributed by atoms with Crippen molar-refractivity contribution in [1.29, 1.82) is 0 Å². The van der Waals surface area contributed by atoms with E-state index >= 15 is 0 Å². The van der Waals surface area contributed by atoms with E-state index in [-0.39, 0.29) is 0 Å². The highest BCUT2D eigenvalue weighted by Crippen LogP contribution is 2.44. The Morgan fingerprint density at radius 1 is 0.667 bits per heavy atom. The van der Waals surface area contributed by atoms with Crippen molar-refractivity contribution in [2.45, 2.75) is 105 Å². The predicted octanol–water partition coefficient (Wildman–Crippen LogP) is 6.31. The first-order chi connectivity index (χ1) is 12.7. The molecular formula is C21H49NO3Si2. The molecule has 0 aliphatic rings. The summed E-state index contributed by atoms with van der Waals surface area (Å²) >= 11 is 0. The fourth-order valence-electron chi connectivity index (χ4n) is 5.22. The van der Waals surface area contributed by atoms with E-state index in [0.29, 0.717) is 19.8 Å². The Labute approximate surface area is 172 Å². The number of hydrogen-bond acceptors (Lipinski definition) is 4. The Morgan fingerprint density at radius 2 is 1.07 bits per heavy atom. The van der Waals surface area contributed by atoms with E-state index in [9.17, 15) is 0 Å². The van der Waals surface area contributed by atoms with E-state index in [2.05, 4.69) is 53.0 Å². The lowest BCUT2D eigenvalue weighted by Gasteiger charge is -2.52. The molecule has 6 heteroatoms. The van der Waals surface area contributed by atoms with Crippen molar-refractivity contribution in [2.24, 2.45) is 0 Å². The summed E-state index contributed by atoms with van der Waals surface area (Å²) in [6.07, 6.45) is 2.49. The molecule has 4 nitrogen and oxygen atoms in total. The first-order valence-electron chi connectivity index (χ1n) is 11.3. The van der Waals surface area contributed by atoms with E-state index in [1.54, 1.807) is 0 Å². The maximum atomic E-state index is 6.14. The minimum Gasteiger partial charge on any atom is -0.374 e. The van der Waals surface area contributed by atoms with E-state index in [4.69, 9.17) is 13.3 Å². The van der Waals surface area contributed by atoms with Gasteiger partial charge in [0.2, 0.25) is 0 Å². The molecule has 0 saturated carbocycles. The SMILES string of the molecule is CCCCN(CC[Si](OCC)(OCC)OCC)[Si](C(C)C)(C(C)C)C(C)C. The van der Waals surface area contributed by atoms with Crippen LogP contribution in [0.15, 0.2) is 0 Å². The molecule has 0 amide bonds. The highest BCUT2D eigenvalue weighted by atomic mass is 28.4. The van der Waals surface area contributed by atoms with Gasteiger partial charge in [0, 0.05) is 25.9 Å². The summed E-state index contributed by atoms with van der Waals surface area (Å²) in [6.45, 7) is 27.3. The Bertz CT molecular complexity index is 340. The van der Waals surface area contributed by atoms with Gasteiger partial charge in [-0.25, -0.2) is 0 Å². The maximum Gasteiger partial charge on any atom is 0.502 e. The molecule has 0 fully saturated rings. The normalized spacial score (nSPS) is 13.6. The lowest BCUT2D eigenvalue weighted by atomic mass is 10.3. The first-order valence-corrected chi connectivity index (χ1v) is 15.5. The molecule has 0 aromatic carbocycles. The van der Waals surface area contributed by atoms with Gasteiger partial charge in [-0.05, 0) is 56.9 Å². The van der Waals surface area contributed by atoms with Gasteiger partial charge < -0.3 is 17.8 Å². The van der Waals surface area contributed by atoms with Crippen LogP contribution in [0.1, 0.15) is 82.1 Å². The molecule has 0 atom stereocenters. The quantitative estimate of drug-likeness (QED) is 0.274. The number of rotatable bonds is 16. The molecule has 0 aliphatic carbocycles. The summed E-state index contributed by atoms with van der Waals surface area (Å²) < 4.78 is 21.3. The van der Waals surface area contributed by atoms with E-state index in [1.165, 1.54) is 19.4 Å². The molecule has 164 valence electrons. The molecule has 0 saturated heterocycles. The molecule has 0 unspecified atom stereocenters. The Balaban J connectivity index is 5.77. The average molecular weight is 420 g/mol. The van der Waals surface area contributed by atoms with Gasteiger partial charge >= 0.3 is 8.80 Å². The van der Waals surface area contributed by atoms with Crippen LogP contribution < -0.4 is 0 Å². The topological polar surface area (TPSA) is 30.9 Å². The molecule has 0 N–H and O–H groups in total. The van der Waals surface area contributed by atoms with Crippen LogP contribution in [0.3, 0.4) is 0 Å². The molecule has 0 aliphatic heterocycles. The molecule has 0 spiro atoms. The molecule has 0 aromatic heterocycles. The lowest BCUT2D eigenvalue weighted by molar-refractivity contribution is 0.0697. The molecule has 0 bridgehead atoms. The third kappa shape index (κ3) is 7.23. The molecule has 0 rings (SSSR count). The third-order valence-electron chi connectivity index (χ3n) is 5.88. The van der Waals surface area contributed by atoms with Crippen molar-refractivity contribution < 1.29 is 13.3 Å². The van der Waals surface area contributed by atoms with Gasteiger partial charge in [0.25, 0.3) is 0 Å². The third-order valence-corrected chi connectivity index (χ3v) is 16.0. The first kappa shape index (κ1) is 27.3. The summed E-state index contributed by atoms with van der Waals surface area (Å²) in [5, 5.41) is 0. The standard InChI is InChI=1S/C21H49NO3Si2/c1-11-15-16-22(27(19(5)6,20(7)8)21(9)10)17-18-26(23-12-2,24-13-3)25-14-4/h19-21H,11-18H2,1-10H3. The van der Waals surface area contributed by atoms with Gasteiger partial charge in [-0.15, -0.1) is 0 Å². The molecule has 27 heavy (non-hydrogen) atoms. The number of nitrogens with zero attached hydrogens (tertiary/aromatic N) is 1. The maximum absolute atomic E-state index is 6.14. The minimum atomic E-state index is -2.60. The van der Waals surface area contributed by atoms with Crippen LogP contribution >= 0.6 is 0 Å². The zero-order chi connectivity index (χ0) is 21.1. The van der Waals surface area contributed by atoms with Gasteiger partial charge in [-0.1, -0.05) is 54.9 Å². The van der Waals surface area contributed by atoms with Gasteiger partial charge in [-0.2, -0.15) is 0 Å². The Morgan fingerprint density at radius 3 is 1.37 bits per heavy atom. The summed E-state index contributed by atoms with van der Waals surface area (Å²) in [7, 11) is -4.27. The van der Waals surface area contributed by atoms with Crippen molar-refractivity contribution in [1.82, 2.24) is 4.57 Å². The second kappa shape index (κ2) is 13.5. The summed E-state index contributed by atoms with van der Waals surface area (Å²) in [6, 6.07) is 0.896. The molecular weight excluding hydrogens is 370 g/mol. The van der Waals surface area contributed by atoms with Crippen LogP contribution in [-0.2, 0) is 13.3 Å². The number of hydrogen-bond donors (Lipinski definition) is 0. The van der Waals surface area contributed by atoms with Gasteiger partial charge in [0.1, 0.15) is 8.24 Å². The summed E-state index contributed by atoms with van der Waals surface area (Å²) in [5.41, 5.74) is 2.16. The van der Waals surface area contributed by atoms with Crippen molar-refractivity contribution in [2.75, 3.05) is 32.9 Å². The summed E-state index contributed by atoms with van der Waals surface area (Å²) in [5.74, 6) is 0. The lowest BCUT2D eigenvalue weighted by Crippen LogP contribution is -2.62. The Kier molecular flexibility index (Phi) is 13.6. The zero-order valence-corrected chi connectivity index (χ0v) is 22.1. The smallest absolute Gasteiger partial charge is 0.374 e. The van der Waals surface area contributed by atoms with Crippen LogP contribution in [0.5, 0.6) is 0 Å². The minimum absolute atomic E-state index is 0.655.